The Labute approximate surface area is 193 Å². The number of hydrogen-bond donors (Lipinski definition) is 2. The number of benzene rings is 1. The molecule has 2 saturated heterocycles. The average Bonchev–Trinajstić information content (AvgIpc) is 3.29. The average molecular weight is 457 g/mol. The van der Waals surface area contributed by atoms with Gasteiger partial charge in [0.2, 0.25) is 11.8 Å². The third kappa shape index (κ3) is 4.34. The number of carboxylic acid groups (broad SMARTS) is 1. The van der Waals surface area contributed by atoms with Gasteiger partial charge in [-0.2, -0.15) is 0 Å². The van der Waals surface area contributed by atoms with Crippen LogP contribution in [0.3, 0.4) is 0 Å². The van der Waals surface area contributed by atoms with Crippen LogP contribution in [0.1, 0.15) is 61.6 Å². The minimum absolute atomic E-state index is 0.0683. The highest BCUT2D eigenvalue weighted by Crippen LogP contribution is 2.37. The second-order valence-corrected chi connectivity index (χ2v) is 9.23. The summed E-state index contributed by atoms with van der Waals surface area (Å²) >= 11 is 0. The molecule has 2 fully saturated rings. The summed E-state index contributed by atoms with van der Waals surface area (Å²) in [5, 5.41) is 12.7. The molecular weight excluding hydrogens is 424 g/mol. The number of amides is 3. The van der Waals surface area contributed by atoms with Crippen molar-refractivity contribution in [2.75, 3.05) is 26.2 Å². The number of hydrogen-bond acceptors (Lipinski definition) is 5. The van der Waals surface area contributed by atoms with Crippen molar-refractivity contribution in [1.29, 1.82) is 0 Å². The fourth-order valence-electron chi connectivity index (χ4n) is 5.17. The molecule has 3 heterocycles. The van der Waals surface area contributed by atoms with Gasteiger partial charge in [0, 0.05) is 36.7 Å². The Morgan fingerprint density at radius 1 is 1.24 bits per heavy atom. The van der Waals surface area contributed by atoms with Gasteiger partial charge in [0.15, 0.2) is 0 Å². The fourth-order valence-corrected chi connectivity index (χ4v) is 5.17. The summed E-state index contributed by atoms with van der Waals surface area (Å²) in [4.78, 5) is 56.0. The lowest BCUT2D eigenvalue weighted by Gasteiger charge is -2.37. The van der Waals surface area contributed by atoms with Crippen LogP contribution in [0.5, 0.6) is 0 Å². The number of fused-ring (bicyclic) bond motifs is 3. The number of carboxylic acids is 1. The second kappa shape index (κ2) is 9.51. The smallest absolute Gasteiger partial charge is 0.323 e. The Hall–Kier alpha value is -2.94. The van der Waals surface area contributed by atoms with Crippen molar-refractivity contribution in [3.63, 3.8) is 0 Å². The molecule has 1 unspecified atom stereocenters. The summed E-state index contributed by atoms with van der Waals surface area (Å²) in [5.41, 5.74) is 1.60. The third-order valence-electron chi connectivity index (χ3n) is 7.12. The molecule has 1 aromatic carbocycles. The van der Waals surface area contributed by atoms with Gasteiger partial charge < -0.3 is 19.8 Å². The van der Waals surface area contributed by atoms with Crippen LogP contribution in [0.2, 0.25) is 0 Å². The molecule has 4 atom stereocenters. The Balaban J connectivity index is 1.61. The van der Waals surface area contributed by atoms with Gasteiger partial charge in [0.1, 0.15) is 18.8 Å². The first kappa shape index (κ1) is 23.2. The van der Waals surface area contributed by atoms with Crippen molar-refractivity contribution in [2.45, 2.75) is 57.8 Å². The van der Waals surface area contributed by atoms with Crippen molar-refractivity contribution in [3.05, 3.63) is 35.4 Å². The summed E-state index contributed by atoms with van der Waals surface area (Å²) in [7, 11) is 0. The van der Waals surface area contributed by atoms with Crippen LogP contribution >= 0.6 is 0 Å². The van der Waals surface area contributed by atoms with E-state index in [1.807, 2.05) is 38.1 Å². The van der Waals surface area contributed by atoms with Gasteiger partial charge in [-0.1, -0.05) is 32.0 Å². The molecular formula is C24H32N4O5. The Kier molecular flexibility index (Phi) is 6.69. The van der Waals surface area contributed by atoms with E-state index < -0.39 is 12.0 Å². The first-order valence-electron chi connectivity index (χ1n) is 11.8. The largest absolute Gasteiger partial charge is 0.480 e. The highest BCUT2D eigenvalue weighted by atomic mass is 16.4. The second-order valence-electron chi connectivity index (χ2n) is 9.23. The topological polar surface area (TPSA) is 110 Å². The molecule has 0 aromatic heterocycles. The molecule has 9 nitrogen and oxygen atoms in total. The Morgan fingerprint density at radius 2 is 2.00 bits per heavy atom. The highest BCUT2D eigenvalue weighted by molar-refractivity contribution is 5.99. The molecule has 0 bridgehead atoms. The zero-order valence-corrected chi connectivity index (χ0v) is 19.2. The molecule has 0 radical (unpaired) electrons. The van der Waals surface area contributed by atoms with Crippen molar-refractivity contribution in [2.24, 2.45) is 5.92 Å². The molecule has 3 aliphatic heterocycles. The van der Waals surface area contributed by atoms with Gasteiger partial charge in [-0.3, -0.25) is 24.5 Å². The van der Waals surface area contributed by atoms with E-state index in [1.54, 1.807) is 9.80 Å². The number of likely N-dealkylation sites (tertiary alicyclic amines) is 1. The SMILES string of the molecule is CCC(C)C(=O)N(C[C@@H]1CN[C@H]2c3ccccc3C(=O)N12)[C@H]1CCCCN(CC(=O)O)C1=O. The first-order valence-corrected chi connectivity index (χ1v) is 11.8. The van der Waals surface area contributed by atoms with Gasteiger partial charge in [0.05, 0.1) is 6.04 Å². The van der Waals surface area contributed by atoms with Gasteiger partial charge in [-0.25, -0.2) is 0 Å². The number of nitrogens with one attached hydrogen (secondary N) is 1. The number of rotatable bonds is 7. The highest BCUT2D eigenvalue weighted by Gasteiger charge is 2.47. The summed E-state index contributed by atoms with van der Waals surface area (Å²) in [6, 6.07) is 6.52. The van der Waals surface area contributed by atoms with Gasteiger partial charge in [-0.15, -0.1) is 0 Å². The Bertz CT molecular complexity index is 951. The Morgan fingerprint density at radius 3 is 2.73 bits per heavy atom. The predicted molar refractivity (Wildman–Crippen MR) is 120 cm³/mol. The van der Waals surface area contributed by atoms with Gasteiger partial charge in [0.25, 0.3) is 5.91 Å². The molecule has 3 amide bonds. The van der Waals surface area contributed by atoms with Crippen LogP contribution in [0, 0.1) is 5.92 Å². The van der Waals surface area contributed by atoms with Crippen molar-refractivity contribution < 1.29 is 24.3 Å². The molecule has 2 N–H and O–H groups in total. The van der Waals surface area contributed by atoms with Crippen LogP contribution in [0.15, 0.2) is 24.3 Å². The quantitative estimate of drug-likeness (QED) is 0.643. The maximum absolute atomic E-state index is 13.5. The van der Waals surface area contributed by atoms with E-state index >= 15 is 0 Å². The monoisotopic (exact) mass is 456 g/mol. The normalized spacial score (nSPS) is 25.5. The lowest BCUT2D eigenvalue weighted by atomic mass is 10.0. The van der Waals surface area contributed by atoms with Crippen molar-refractivity contribution in [3.8, 4) is 0 Å². The molecule has 3 aliphatic rings. The predicted octanol–water partition coefficient (Wildman–Crippen LogP) is 1.45. The lowest BCUT2D eigenvalue weighted by Crippen LogP contribution is -2.56. The minimum atomic E-state index is -1.06. The summed E-state index contributed by atoms with van der Waals surface area (Å²) < 4.78 is 0. The van der Waals surface area contributed by atoms with Gasteiger partial charge in [-0.05, 0) is 31.7 Å². The van der Waals surface area contributed by atoms with E-state index in [9.17, 15) is 24.3 Å². The maximum atomic E-state index is 13.5. The van der Waals surface area contributed by atoms with E-state index in [4.69, 9.17) is 0 Å². The van der Waals surface area contributed by atoms with Crippen molar-refractivity contribution >= 4 is 23.7 Å². The molecule has 9 heteroatoms. The van der Waals surface area contributed by atoms with Crippen LogP contribution in [-0.2, 0) is 14.4 Å². The molecule has 178 valence electrons. The number of aliphatic carboxylic acids is 1. The van der Waals surface area contributed by atoms with E-state index in [1.165, 1.54) is 4.90 Å². The van der Waals surface area contributed by atoms with E-state index in [0.717, 1.165) is 12.0 Å². The molecule has 0 saturated carbocycles. The van der Waals surface area contributed by atoms with Crippen molar-refractivity contribution in [1.82, 2.24) is 20.0 Å². The summed E-state index contributed by atoms with van der Waals surface area (Å²) in [5.74, 6) is -1.84. The van der Waals surface area contributed by atoms with Crippen LogP contribution in [0.4, 0.5) is 0 Å². The minimum Gasteiger partial charge on any atom is -0.480 e. The van der Waals surface area contributed by atoms with E-state index in [-0.39, 0.29) is 48.9 Å². The molecule has 0 aliphatic carbocycles. The summed E-state index contributed by atoms with van der Waals surface area (Å²) in [6.07, 6.45) is 2.33. The third-order valence-corrected chi connectivity index (χ3v) is 7.12. The molecule has 33 heavy (non-hydrogen) atoms. The van der Waals surface area contributed by atoms with Crippen LogP contribution in [0.25, 0.3) is 0 Å². The van der Waals surface area contributed by atoms with E-state index in [2.05, 4.69) is 5.32 Å². The number of carbonyl (C=O) groups excluding carboxylic acids is 3. The van der Waals surface area contributed by atoms with E-state index in [0.29, 0.717) is 37.9 Å². The number of carbonyl (C=O) groups is 4. The molecule has 0 spiro atoms. The maximum Gasteiger partial charge on any atom is 0.323 e. The van der Waals surface area contributed by atoms with Crippen LogP contribution < -0.4 is 5.32 Å². The number of nitrogens with zero attached hydrogens (tertiary/aromatic N) is 3. The van der Waals surface area contributed by atoms with Gasteiger partial charge >= 0.3 is 5.97 Å². The fraction of sp³-hybridized carbons (Fsp3) is 0.583. The lowest BCUT2D eigenvalue weighted by molar-refractivity contribution is -0.151. The molecule has 4 rings (SSSR count). The zero-order valence-electron chi connectivity index (χ0n) is 19.2. The summed E-state index contributed by atoms with van der Waals surface area (Å²) in [6.45, 7) is 4.55. The molecule has 1 aromatic rings. The van der Waals surface area contributed by atoms with Crippen LogP contribution in [-0.4, -0.2) is 81.8 Å². The standard InChI is InChI=1S/C24H32N4O5/c1-3-15(2)22(31)27(19-10-6-7-11-26(24(19)33)14-20(29)30)13-16-12-25-21-17-8-4-5-9-18(17)23(32)28(16)21/h4-5,8-9,15-16,19,21,25H,3,6-7,10-14H2,1-2H3,(H,29,30)/t15?,16-,19-,21+/m0/s1. The first-order chi connectivity index (χ1) is 15.8. The zero-order chi connectivity index (χ0) is 23.7.